The van der Waals surface area contributed by atoms with Crippen LogP contribution in [0.1, 0.15) is 0 Å². The van der Waals surface area contributed by atoms with Gasteiger partial charge in [0, 0.05) is 0 Å². The van der Waals surface area contributed by atoms with E-state index in [0.29, 0.717) is 0 Å². The summed E-state index contributed by atoms with van der Waals surface area (Å²) >= 11 is 13.2. The normalized spacial score (nSPS) is 12.0. The standard InChI is InChI=1S/C2H4Cl2P.Ru/c3-2(4)1-5;/h2,5H,1H2;/q-1;+1. The van der Waals surface area contributed by atoms with Gasteiger partial charge in [-0.15, -0.1) is 0 Å². The van der Waals surface area contributed by atoms with Gasteiger partial charge < -0.3 is 0 Å². The minimum absolute atomic E-state index is 0.163. The van der Waals surface area contributed by atoms with Gasteiger partial charge in [-0.2, -0.15) is 0 Å². The third-order valence-corrected chi connectivity index (χ3v) is 2.67. The van der Waals surface area contributed by atoms with Crippen molar-refractivity contribution < 1.29 is 17.8 Å². The van der Waals surface area contributed by atoms with Crippen molar-refractivity contribution in [3.05, 3.63) is 0 Å². The molecule has 0 nitrogen and oxygen atoms in total. The zero-order valence-corrected chi connectivity index (χ0v) is 7.14. The van der Waals surface area contributed by atoms with E-state index in [0.717, 1.165) is 13.1 Å². The number of alkyl halides is 2. The number of rotatable bonds is 2. The second-order valence-electron chi connectivity index (χ2n) is 0.720. The molecule has 0 aromatic carbocycles. The van der Waals surface area contributed by atoms with Crippen molar-refractivity contribution >= 4 is 30.1 Å². The van der Waals surface area contributed by atoms with E-state index in [1.807, 2.05) is 0 Å². The Morgan fingerprint density at radius 1 is 1.67 bits per heavy atom. The summed E-state index contributed by atoms with van der Waals surface area (Å²) in [5, 5.41) is 0. The van der Waals surface area contributed by atoms with Gasteiger partial charge in [-0.25, -0.2) is 0 Å². The van der Waals surface area contributed by atoms with E-state index in [4.69, 9.17) is 23.2 Å². The summed E-state index contributed by atoms with van der Waals surface area (Å²) in [5.74, 6) is 0. The monoisotopic (exact) mass is 231 g/mol. The quantitative estimate of drug-likeness (QED) is 0.387. The summed E-state index contributed by atoms with van der Waals surface area (Å²) in [7, 11) is 0. The number of halogens is 2. The van der Waals surface area contributed by atoms with Crippen LogP contribution in [0.3, 0.4) is 0 Å². The molecule has 1 unspecified atom stereocenters. The Morgan fingerprint density at radius 2 is 2.17 bits per heavy atom. The molecule has 0 aliphatic heterocycles. The molecule has 0 fully saturated rings. The molecule has 39 valence electrons. The maximum atomic E-state index is 5.34. The first-order valence-electron chi connectivity index (χ1n) is 1.38. The first-order chi connectivity index (χ1) is 2.77. The Labute approximate surface area is 58.9 Å². The molecule has 0 spiro atoms. The van der Waals surface area contributed by atoms with Crippen molar-refractivity contribution in [2.75, 3.05) is 6.16 Å². The Balaban J connectivity index is 2.63. The molecule has 0 bridgehead atoms. The molecule has 4 heteroatoms. The van der Waals surface area contributed by atoms with Crippen molar-refractivity contribution in [3.63, 3.8) is 0 Å². The molecule has 0 aliphatic carbocycles. The molecule has 0 saturated heterocycles. The van der Waals surface area contributed by atoms with Gasteiger partial charge in [0.05, 0.1) is 0 Å². The molecular weight excluding hydrogens is 227 g/mol. The van der Waals surface area contributed by atoms with E-state index in [9.17, 15) is 0 Å². The molecule has 1 atom stereocenters. The van der Waals surface area contributed by atoms with Gasteiger partial charge in [0.15, 0.2) is 0 Å². The number of hydrogen-bond donors (Lipinski definition) is 0. The van der Waals surface area contributed by atoms with Gasteiger partial charge in [0.25, 0.3) is 0 Å². The van der Waals surface area contributed by atoms with Crippen molar-refractivity contribution in [2.45, 2.75) is 4.84 Å². The van der Waals surface area contributed by atoms with Crippen LogP contribution in [0, 0.1) is 0 Å². The molecule has 0 radical (unpaired) electrons. The fourth-order valence-corrected chi connectivity index (χ4v) is 2.90. The molecule has 0 rings (SSSR count). The first kappa shape index (κ1) is 7.63. The average Bonchev–Trinajstić information content (AvgIpc) is 1.35. The van der Waals surface area contributed by atoms with Crippen LogP contribution in [0.2, 0.25) is 0 Å². The van der Waals surface area contributed by atoms with Gasteiger partial charge in [0.2, 0.25) is 0 Å². The summed E-state index contributed by atoms with van der Waals surface area (Å²) in [6.07, 6.45) is 0.903. The Bertz CT molecular complexity index is 32.7. The zero-order valence-electron chi connectivity index (χ0n) is 2.89. The maximum absolute atomic E-state index is 5.34. The minimum atomic E-state index is -0.163. The second-order valence-corrected chi connectivity index (χ2v) is 4.50. The van der Waals surface area contributed by atoms with Crippen LogP contribution in [0.5, 0.6) is 0 Å². The van der Waals surface area contributed by atoms with Crippen LogP contribution in [-0.2, 0) is 17.8 Å². The predicted molar refractivity (Wildman–Crippen MR) is 28.7 cm³/mol. The van der Waals surface area contributed by atoms with Gasteiger partial charge in [-0.3, -0.25) is 0 Å². The molecule has 0 heterocycles. The van der Waals surface area contributed by atoms with E-state index >= 15 is 0 Å². The summed E-state index contributed by atoms with van der Waals surface area (Å²) in [4.78, 5) is -0.163. The predicted octanol–water partition coefficient (Wildman–Crippen LogP) is 1.93. The first-order valence-corrected chi connectivity index (χ1v) is 5.92. The Hall–Kier alpha value is 1.63. The summed E-state index contributed by atoms with van der Waals surface area (Å²) in [6, 6.07) is 0. The van der Waals surface area contributed by atoms with Crippen molar-refractivity contribution in [3.8, 4) is 0 Å². The number of hydrogen-bond acceptors (Lipinski definition) is 0. The van der Waals surface area contributed by atoms with Crippen LogP contribution in [0.25, 0.3) is 0 Å². The van der Waals surface area contributed by atoms with E-state index in [1.165, 1.54) is 0 Å². The van der Waals surface area contributed by atoms with E-state index in [-0.39, 0.29) is 4.84 Å². The van der Waals surface area contributed by atoms with Gasteiger partial charge in [-0.1, -0.05) is 0 Å². The molecule has 0 aromatic heterocycles. The van der Waals surface area contributed by atoms with Crippen LogP contribution >= 0.6 is 30.1 Å². The van der Waals surface area contributed by atoms with E-state index in [1.54, 1.807) is 0 Å². The fourth-order valence-electron chi connectivity index (χ4n) is 0.0546. The van der Waals surface area contributed by atoms with Gasteiger partial charge in [-0.05, 0) is 0 Å². The van der Waals surface area contributed by atoms with Crippen molar-refractivity contribution in [1.29, 1.82) is 0 Å². The second kappa shape index (κ2) is 4.78. The SMILES string of the molecule is ClC(Cl)C[PH][Ru]. The van der Waals surface area contributed by atoms with Crippen LogP contribution in [0.4, 0.5) is 0 Å². The third-order valence-electron chi connectivity index (χ3n) is 0.226. The molecule has 0 aliphatic rings. The van der Waals surface area contributed by atoms with Gasteiger partial charge in [0.1, 0.15) is 0 Å². The molecule has 0 amide bonds. The van der Waals surface area contributed by atoms with Crippen LogP contribution in [-0.4, -0.2) is 11.0 Å². The molecule has 0 saturated carbocycles. The van der Waals surface area contributed by atoms with Gasteiger partial charge >= 0.3 is 58.9 Å². The van der Waals surface area contributed by atoms with Crippen LogP contribution in [0.15, 0.2) is 0 Å². The van der Waals surface area contributed by atoms with E-state index in [2.05, 4.69) is 17.8 Å². The molecule has 0 aromatic rings. The van der Waals surface area contributed by atoms with E-state index < -0.39 is 0 Å². The van der Waals surface area contributed by atoms with Crippen LogP contribution < -0.4 is 0 Å². The summed E-state index contributed by atoms with van der Waals surface area (Å²) in [6.45, 7) is 0.804. The zero-order chi connectivity index (χ0) is 4.99. The Morgan fingerprint density at radius 3 is 2.17 bits per heavy atom. The summed E-state index contributed by atoms with van der Waals surface area (Å²) in [5.41, 5.74) is 0. The molecule has 0 N–H and O–H groups in total. The average molecular weight is 231 g/mol. The van der Waals surface area contributed by atoms with Crippen molar-refractivity contribution in [1.82, 2.24) is 0 Å². The molecular formula is C2H4Cl2PRu. The topological polar surface area (TPSA) is 0 Å². The summed E-state index contributed by atoms with van der Waals surface area (Å²) < 4.78 is 0. The third kappa shape index (κ3) is 5.63. The fraction of sp³-hybridized carbons (Fsp3) is 1.00. The Kier molecular flexibility index (Phi) is 6.09. The van der Waals surface area contributed by atoms with Crippen molar-refractivity contribution in [2.24, 2.45) is 0 Å². The molecule has 6 heavy (non-hydrogen) atoms.